The Morgan fingerprint density at radius 1 is 1.00 bits per heavy atom. The number of para-hydroxylation sites is 1. The third-order valence-corrected chi connectivity index (χ3v) is 7.11. The van der Waals surface area contributed by atoms with Gasteiger partial charge in [0.25, 0.3) is 0 Å². The second-order valence-corrected chi connectivity index (χ2v) is 9.35. The standard InChI is InChI=1S/C27H34N4O2/c32-26(28-24-13-8-10-21-9-3-4-11-22(21)24)15-2-1-7-16-30-17-19-31(20-18-30)27-23-12-5-6-14-25(23)33-29-27/h3-6,9,11-12,14,24H,1-2,7-8,10,13,15-20H2,(H,28,32). The molecular weight excluding hydrogens is 412 g/mol. The number of hydrogen-bond donors (Lipinski definition) is 1. The molecule has 1 unspecified atom stereocenters. The van der Waals surface area contributed by atoms with E-state index >= 15 is 0 Å². The first-order valence-electron chi connectivity index (χ1n) is 12.5. The lowest BCUT2D eigenvalue weighted by atomic mass is 9.87. The molecule has 1 N–H and O–H groups in total. The van der Waals surface area contributed by atoms with Gasteiger partial charge < -0.3 is 14.7 Å². The Balaban J connectivity index is 0.988. The molecule has 0 bridgehead atoms. The van der Waals surface area contributed by atoms with Gasteiger partial charge in [0.05, 0.1) is 11.4 Å². The maximum atomic E-state index is 12.5. The molecule has 174 valence electrons. The summed E-state index contributed by atoms with van der Waals surface area (Å²) < 4.78 is 5.47. The minimum atomic E-state index is 0.195. The number of carbonyl (C=O) groups is 1. The molecule has 0 saturated carbocycles. The van der Waals surface area contributed by atoms with Gasteiger partial charge in [-0.15, -0.1) is 0 Å². The number of nitrogens with zero attached hydrogens (tertiary/aromatic N) is 3. The highest BCUT2D eigenvalue weighted by Crippen LogP contribution is 2.29. The third-order valence-electron chi connectivity index (χ3n) is 7.11. The third kappa shape index (κ3) is 5.22. The highest BCUT2D eigenvalue weighted by Gasteiger charge is 2.22. The van der Waals surface area contributed by atoms with Crippen LogP contribution in [-0.2, 0) is 11.2 Å². The SMILES string of the molecule is O=C(CCCCCN1CCN(c2noc3ccccc23)CC1)NC1CCCc2ccccc21. The zero-order valence-corrected chi connectivity index (χ0v) is 19.3. The van der Waals surface area contributed by atoms with Gasteiger partial charge in [0.15, 0.2) is 11.4 Å². The largest absolute Gasteiger partial charge is 0.354 e. The Morgan fingerprint density at radius 3 is 2.73 bits per heavy atom. The number of anilines is 1. The van der Waals surface area contributed by atoms with E-state index in [-0.39, 0.29) is 11.9 Å². The fourth-order valence-electron chi connectivity index (χ4n) is 5.25. The summed E-state index contributed by atoms with van der Waals surface area (Å²) in [5, 5.41) is 8.67. The molecule has 2 aliphatic rings. The second kappa shape index (κ2) is 10.4. The van der Waals surface area contributed by atoms with Gasteiger partial charge in [-0.3, -0.25) is 9.69 Å². The van der Waals surface area contributed by atoms with Crippen LogP contribution in [0.15, 0.2) is 53.1 Å². The number of aryl methyl sites for hydroxylation is 1. The Kier molecular flexibility index (Phi) is 6.91. The van der Waals surface area contributed by atoms with Crippen LogP contribution in [0.2, 0.25) is 0 Å². The molecule has 1 fully saturated rings. The van der Waals surface area contributed by atoms with Crippen LogP contribution >= 0.6 is 0 Å². The summed E-state index contributed by atoms with van der Waals surface area (Å²) in [4.78, 5) is 17.3. The number of fused-ring (bicyclic) bond motifs is 2. The summed E-state index contributed by atoms with van der Waals surface area (Å²) in [6.45, 7) is 5.14. The van der Waals surface area contributed by atoms with Gasteiger partial charge in [-0.2, -0.15) is 0 Å². The van der Waals surface area contributed by atoms with Crippen molar-refractivity contribution >= 4 is 22.7 Å². The Hall–Kier alpha value is -2.86. The van der Waals surface area contributed by atoms with Crippen molar-refractivity contribution in [3.05, 3.63) is 59.7 Å². The molecule has 1 amide bonds. The first-order chi connectivity index (χ1) is 16.3. The molecular formula is C27H34N4O2. The molecule has 5 rings (SSSR count). The molecule has 1 aromatic heterocycles. The van der Waals surface area contributed by atoms with Gasteiger partial charge in [-0.1, -0.05) is 48.0 Å². The minimum absolute atomic E-state index is 0.195. The van der Waals surface area contributed by atoms with Crippen molar-refractivity contribution in [1.29, 1.82) is 0 Å². The van der Waals surface area contributed by atoms with Crippen molar-refractivity contribution in [3.8, 4) is 0 Å². The molecule has 3 aromatic rings. The molecule has 1 aliphatic carbocycles. The van der Waals surface area contributed by atoms with Crippen molar-refractivity contribution in [2.45, 2.75) is 51.0 Å². The first kappa shape index (κ1) is 22.0. The van der Waals surface area contributed by atoms with E-state index < -0.39 is 0 Å². The van der Waals surface area contributed by atoms with Crippen molar-refractivity contribution in [1.82, 2.24) is 15.4 Å². The van der Waals surface area contributed by atoms with Crippen molar-refractivity contribution in [2.24, 2.45) is 0 Å². The van der Waals surface area contributed by atoms with Gasteiger partial charge >= 0.3 is 0 Å². The highest BCUT2D eigenvalue weighted by atomic mass is 16.5. The summed E-state index contributed by atoms with van der Waals surface area (Å²) in [6, 6.07) is 16.8. The molecule has 0 radical (unpaired) electrons. The summed E-state index contributed by atoms with van der Waals surface area (Å²) in [7, 11) is 0. The van der Waals surface area contributed by atoms with Gasteiger partial charge in [-0.25, -0.2) is 0 Å². The number of amides is 1. The predicted molar refractivity (Wildman–Crippen MR) is 131 cm³/mol. The summed E-state index contributed by atoms with van der Waals surface area (Å²) in [6.07, 6.45) is 7.18. The van der Waals surface area contributed by atoms with Crippen LogP contribution in [-0.4, -0.2) is 48.7 Å². The molecule has 6 nitrogen and oxygen atoms in total. The molecule has 1 saturated heterocycles. The zero-order chi connectivity index (χ0) is 22.5. The van der Waals surface area contributed by atoms with Crippen LogP contribution in [0.5, 0.6) is 0 Å². The van der Waals surface area contributed by atoms with Gasteiger partial charge in [0, 0.05) is 32.6 Å². The maximum absolute atomic E-state index is 12.5. The molecule has 6 heteroatoms. The Morgan fingerprint density at radius 2 is 1.82 bits per heavy atom. The van der Waals surface area contributed by atoms with E-state index in [9.17, 15) is 4.79 Å². The van der Waals surface area contributed by atoms with Crippen LogP contribution in [0.25, 0.3) is 11.0 Å². The van der Waals surface area contributed by atoms with Crippen LogP contribution in [0.3, 0.4) is 0 Å². The number of nitrogens with one attached hydrogen (secondary N) is 1. The fraction of sp³-hybridized carbons (Fsp3) is 0.481. The van der Waals surface area contributed by atoms with E-state index in [1.807, 2.05) is 18.2 Å². The smallest absolute Gasteiger partial charge is 0.220 e. The lowest BCUT2D eigenvalue weighted by Crippen LogP contribution is -2.46. The predicted octanol–water partition coefficient (Wildman–Crippen LogP) is 4.70. The molecule has 2 heterocycles. The lowest BCUT2D eigenvalue weighted by Gasteiger charge is -2.34. The topological polar surface area (TPSA) is 61.6 Å². The average molecular weight is 447 g/mol. The number of piperazine rings is 1. The van der Waals surface area contributed by atoms with E-state index in [0.717, 1.165) is 88.0 Å². The Labute approximate surface area is 195 Å². The molecule has 0 spiro atoms. The number of carbonyl (C=O) groups excluding carboxylic acids is 1. The van der Waals surface area contributed by atoms with E-state index in [1.54, 1.807) is 0 Å². The number of rotatable bonds is 8. The quantitative estimate of drug-likeness (QED) is 0.508. The average Bonchev–Trinajstić information content (AvgIpc) is 3.29. The van der Waals surface area contributed by atoms with Crippen LogP contribution < -0.4 is 10.2 Å². The van der Waals surface area contributed by atoms with Crippen molar-refractivity contribution in [2.75, 3.05) is 37.6 Å². The zero-order valence-electron chi connectivity index (χ0n) is 19.3. The van der Waals surface area contributed by atoms with E-state index in [0.29, 0.717) is 6.42 Å². The lowest BCUT2D eigenvalue weighted by molar-refractivity contribution is -0.122. The van der Waals surface area contributed by atoms with Crippen LogP contribution in [0, 0.1) is 0 Å². The number of unbranched alkanes of at least 4 members (excludes halogenated alkanes) is 2. The fourth-order valence-corrected chi connectivity index (χ4v) is 5.25. The second-order valence-electron chi connectivity index (χ2n) is 9.35. The summed E-state index contributed by atoms with van der Waals surface area (Å²) >= 11 is 0. The Bertz CT molecular complexity index is 1070. The summed E-state index contributed by atoms with van der Waals surface area (Å²) in [5.41, 5.74) is 3.56. The molecule has 1 atom stereocenters. The van der Waals surface area contributed by atoms with Crippen LogP contribution in [0.1, 0.15) is 55.7 Å². The van der Waals surface area contributed by atoms with Crippen molar-refractivity contribution < 1.29 is 9.32 Å². The summed E-state index contributed by atoms with van der Waals surface area (Å²) in [5.74, 6) is 1.17. The van der Waals surface area contributed by atoms with Crippen LogP contribution in [0.4, 0.5) is 5.82 Å². The maximum Gasteiger partial charge on any atom is 0.220 e. The normalized spacial score (nSPS) is 18.9. The highest BCUT2D eigenvalue weighted by molar-refractivity contribution is 5.88. The molecule has 2 aromatic carbocycles. The monoisotopic (exact) mass is 446 g/mol. The first-order valence-corrected chi connectivity index (χ1v) is 12.5. The number of hydrogen-bond acceptors (Lipinski definition) is 5. The van der Waals surface area contributed by atoms with E-state index in [2.05, 4.69) is 50.6 Å². The number of benzene rings is 2. The van der Waals surface area contributed by atoms with Gasteiger partial charge in [0.1, 0.15) is 0 Å². The van der Waals surface area contributed by atoms with Crippen molar-refractivity contribution in [3.63, 3.8) is 0 Å². The van der Waals surface area contributed by atoms with Gasteiger partial charge in [0.2, 0.25) is 5.91 Å². The number of aromatic nitrogens is 1. The minimum Gasteiger partial charge on any atom is -0.354 e. The molecule has 33 heavy (non-hydrogen) atoms. The van der Waals surface area contributed by atoms with E-state index in [1.165, 1.54) is 11.1 Å². The van der Waals surface area contributed by atoms with Gasteiger partial charge in [-0.05, 0) is 61.9 Å². The van der Waals surface area contributed by atoms with E-state index in [4.69, 9.17) is 4.52 Å². The molecule has 1 aliphatic heterocycles.